The van der Waals surface area contributed by atoms with Crippen LogP contribution in [-0.4, -0.2) is 19.0 Å². The fourth-order valence-electron chi connectivity index (χ4n) is 1.28. The van der Waals surface area contributed by atoms with E-state index in [0.29, 0.717) is 18.1 Å². The van der Waals surface area contributed by atoms with Gasteiger partial charge in [-0.2, -0.15) is 0 Å². The number of carbonyl (C=O) groups is 1. The van der Waals surface area contributed by atoms with Crippen molar-refractivity contribution in [3.05, 3.63) is 28.8 Å². The van der Waals surface area contributed by atoms with Gasteiger partial charge in [-0.15, -0.1) is 0 Å². The highest BCUT2D eigenvalue weighted by Gasteiger charge is 2.01. The zero-order valence-electron chi connectivity index (χ0n) is 8.93. The van der Waals surface area contributed by atoms with Crippen LogP contribution >= 0.6 is 11.6 Å². The van der Waals surface area contributed by atoms with Gasteiger partial charge in [0.2, 0.25) is 5.91 Å². The lowest BCUT2D eigenvalue weighted by molar-refractivity contribution is -0.118. The summed E-state index contributed by atoms with van der Waals surface area (Å²) in [6.45, 7) is 4.76. The molecule has 1 rings (SSSR count). The van der Waals surface area contributed by atoms with Gasteiger partial charge in [-0.1, -0.05) is 23.7 Å². The van der Waals surface area contributed by atoms with Crippen molar-refractivity contribution in [3.8, 4) is 0 Å². The molecule has 1 aromatic carbocycles. The van der Waals surface area contributed by atoms with Crippen LogP contribution in [0.15, 0.2) is 18.2 Å². The lowest BCUT2D eigenvalue weighted by Crippen LogP contribution is -2.26. The highest BCUT2D eigenvalue weighted by Crippen LogP contribution is 2.24. The molecule has 82 valence electrons. The molecule has 3 nitrogen and oxygen atoms in total. The first-order valence-electron chi connectivity index (χ1n) is 4.84. The number of halogens is 1. The van der Waals surface area contributed by atoms with E-state index in [4.69, 9.17) is 11.6 Å². The smallest absolute Gasteiger partial charge is 0.216 e. The van der Waals surface area contributed by atoms with Gasteiger partial charge in [0.1, 0.15) is 0 Å². The van der Waals surface area contributed by atoms with Crippen molar-refractivity contribution in [2.75, 3.05) is 18.4 Å². The van der Waals surface area contributed by atoms with E-state index in [1.54, 1.807) is 0 Å². The molecular weight excluding hydrogens is 212 g/mol. The van der Waals surface area contributed by atoms with Crippen molar-refractivity contribution < 1.29 is 4.79 Å². The highest BCUT2D eigenvalue weighted by atomic mass is 35.5. The number of hydrogen-bond acceptors (Lipinski definition) is 2. The first kappa shape index (κ1) is 11.9. The molecule has 4 heteroatoms. The lowest BCUT2D eigenvalue weighted by Gasteiger charge is -2.11. The summed E-state index contributed by atoms with van der Waals surface area (Å²) in [6, 6.07) is 5.75. The molecule has 0 spiro atoms. The Balaban J connectivity index is 2.47. The number of benzene rings is 1. The zero-order valence-corrected chi connectivity index (χ0v) is 9.69. The lowest BCUT2D eigenvalue weighted by atomic mass is 10.2. The molecule has 0 atom stereocenters. The molecule has 0 aliphatic carbocycles. The van der Waals surface area contributed by atoms with Gasteiger partial charge in [0.15, 0.2) is 0 Å². The van der Waals surface area contributed by atoms with Crippen molar-refractivity contribution in [2.45, 2.75) is 13.8 Å². The van der Waals surface area contributed by atoms with Crippen LogP contribution in [0.25, 0.3) is 0 Å². The van der Waals surface area contributed by atoms with E-state index < -0.39 is 0 Å². The average Bonchev–Trinajstić information content (AvgIpc) is 2.15. The number of amides is 1. The summed E-state index contributed by atoms with van der Waals surface area (Å²) in [5, 5.41) is 6.61. The van der Waals surface area contributed by atoms with E-state index >= 15 is 0 Å². The third-order valence-electron chi connectivity index (χ3n) is 2.02. The maximum atomic E-state index is 10.6. The third-order valence-corrected chi connectivity index (χ3v) is 2.34. The molecule has 0 radical (unpaired) electrons. The highest BCUT2D eigenvalue weighted by molar-refractivity contribution is 6.33. The Bertz CT molecular complexity index is 332. The second kappa shape index (κ2) is 5.61. The minimum absolute atomic E-state index is 0.0207. The van der Waals surface area contributed by atoms with Crippen LogP contribution in [0.5, 0.6) is 0 Å². The summed E-state index contributed by atoms with van der Waals surface area (Å²) in [5.74, 6) is -0.0207. The van der Waals surface area contributed by atoms with Gasteiger partial charge in [-0.05, 0) is 18.6 Å². The van der Waals surface area contributed by atoms with E-state index in [2.05, 4.69) is 10.6 Å². The van der Waals surface area contributed by atoms with Gasteiger partial charge in [0.25, 0.3) is 0 Å². The molecule has 0 aliphatic rings. The molecular formula is C11H15ClN2O. The summed E-state index contributed by atoms with van der Waals surface area (Å²) < 4.78 is 0. The topological polar surface area (TPSA) is 41.1 Å². The predicted molar refractivity (Wildman–Crippen MR) is 63.4 cm³/mol. The molecule has 1 amide bonds. The molecule has 0 saturated heterocycles. The number of para-hydroxylation sites is 1. The molecule has 0 unspecified atom stereocenters. The van der Waals surface area contributed by atoms with Crippen molar-refractivity contribution in [1.82, 2.24) is 5.32 Å². The Labute approximate surface area is 94.8 Å². The minimum atomic E-state index is -0.0207. The second-order valence-corrected chi connectivity index (χ2v) is 3.75. The van der Waals surface area contributed by atoms with Gasteiger partial charge in [-0.25, -0.2) is 0 Å². The standard InChI is InChI=1S/C11H15ClN2O/c1-8-4-3-5-10(12)11(8)14-7-6-13-9(2)15/h3-5,14H,6-7H2,1-2H3,(H,13,15). The molecule has 0 heterocycles. The first-order valence-corrected chi connectivity index (χ1v) is 5.22. The molecule has 15 heavy (non-hydrogen) atoms. The van der Waals surface area contributed by atoms with Crippen LogP contribution in [-0.2, 0) is 4.79 Å². The van der Waals surface area contributed by atoms with E-state index in [1.807, 2.05) is 25.1 Å². The van der Waals surface area contributed by atoms with Gasteiger partial charge >= 0.3 is 0 Å². The maximum absolute atomic E-state index is 10.6. The Hall–Kier alpha value is -1.22. The predicted octanol–water partition coefficient (Wildman–Crippen LogP) is 2.20. The summed E-state index contributed by atoms with van der Waals surface area (Å²) in [6.07, 6.45) is 0. The van der Waals surface area contributed by atoms with Crippen molar-refractivity contribution in [3.63, 3.8) is 0 Å². The quantitative estimate of drug-likeness (QED) is 0.773. The number of hydrogen-bond donors (Lipinski definition) is 2. The number of nitrogens with one attached hydrogen (secondary N) is 2. The van der Waals surface area contributed by atoms with E-state index in [1.165, 1.54) is 6.92 Å². The van der Waals surface area contributed by atoms with Gasteiger partial charge in [0.05, 0.1) is 10.7 Å². The number of aryl methyl sites for hydroxylation is 1. The Morgan fingerprint density at radius 3 is 2.73 bits per heavy atom. The molecule has 1 aromatic rings. The van der Waals surface area contributed by atoms with Gasteiger partial charge < -0.3 is 10.6 Å². The largest absolute Gasteiger partial charge is 0.382 e. The first-order chi connectivity index (χ1) is 7.11. The molecule has 0 aromatic heterocycles. The number of anilines is 1. The number of rotatable bonds is 4. The summed E-state index contributed by atoms with van der Waals surface area (Å²) >= 11 is 6.02. The normalized spacial score (nSPS) is 9.80. The fraction of sp³-hybridized carbons (Fsp3) is 0.364. The number of carbonyl (C=O) groups excluding carboxylic acids is 1. The van der Waals surface area contributed by atoms with Crippen LogP contribution in [0.4, 0.5) is 5.69 Å². The van der Waals surface area contributed by atoms with E-state index in [0.717, 1.165) is 11.3 Å². The minimum Gasteiger partial charge on any atom is -0.382 e. The summed E-state index contributed by atoms with van der Waals surface area (Å²) in [5.41, 5.74) is 2.04. The Morgan fingerprint density at radius 1 is 1.40 bits per heavy atom. The van der Waals surface area contributed by atoms with E-state index in [9.17, 15) is 4.79 Å². The van der Waals surface area contributed by atoms with Gasteiger partial charge in [0, 0.05) is 20.0 Å². The molecule has 2 N–H and O–H groups in total. The molecule has 0 bridgehead atoms. The van der Waals surface area contributed by atoms with Gasteiger partial charge in [-0.3, -0.25) is 4.79 Å². The SMILES string of the molecule is CC(=O)NCCNc1c(C)cccc1Cl. The van der Waals surface area contributed by atoms with Crippen LogP contribution in [0.2, 0.25) is 5.02 Å². The van der Waals surface area contributed by atoms with Crippen LogP contribution in [0.3, 0.4) is 0 Å². The third kappa shape index (κ3) is 3.80. The maximum Gasteiger partial charge on any atom is 0.216 e. The van der Waals surface area contributed by atoms with Crippen LogP contribution < -0.4 is 10.6 Å². The molecule has 0 saturated carbocycles. The van der Waals surface area contributed by atoms with E-state index in [-0.39, 0.29) is 5.91 Å². The zero-order chi connectivity index (χ0) is 11.3. The monoisotopic (exact) mass is 226 g/mol. The Kier molecular flexibility index (Phi) is 4.43. The van der Waals surface area contributed by atoms with Crippen LogP contribution in [0, 0.1) is 6.92 Å². The van der Waals surface area contributed by atoms with Crippen molar-refractivity contribution in [1.29, 1.82) is 0 Å². The Morgan fingerprint density at radius 2 is 2.13 bits per heavy atom. The van der Waals surface area contributed by atoms with Crippen molar-refractivity contribution >= 4 is 23.2 Å². The summed E-state index contributed by atoms with van der Waals surface area (Å²) in [7, 11) is 0. The van der Waals surface area contributed by atoms with Crippen molar-refractivity contribution in [2.24, 2.45) is 0 Å². The molecule has 0 aliphatic heterocycles. The average molecular weight is 227 g/mol. The summed E-state index contributed by atoms with van der Waals surface area (Å²) in [4.78, 5) is 10.6. The fourth-order valence-corrected chi connectivity index (χ4v) is 1.57. The molecule has 0 fully saturated rings. The second-order valence-electron chi connectivity index (χ2n) is 3.34. The van der Waals surface area contributed by atoms with Crippen LogP contribution in [0.1, 0.15) is 12.5 Å².